The van der Waals surface area contributed by atoms with E-state index in [4.69, 9.17) is 11.6 Å². The van der Waals surface area contributed by atoms with Crippen LogP contribution in [0.3, 0.4) is 0 Å². The molecule has 3 aromatic rings. The molecule has 0 amide bonds. The molecule has 0 saturated heterocycles. The molecule has 0 fully saturated rings. The van der Waals surface area contributed by atoms with Crippen LogP contribution in [0, 0.1) is 0 Å². The number of nitrogens with zero attached hydrogens (tertiary/aromatic N) is 1. The molecule has 0 aliphatic heterocycles. The Balaban J connectivity index is 1.89. The second-order valence-electron chi connectivity index (χ2n) is 4.48. The van der Waals surface area contributed by atoms with Gasteiger partial charge in [0.1, 0.15) is 0 Å². The predicted octanol–water partition coefficient (Wildman–Crippen LogP) is 5.26. The van der Waals surface area contributed by atoms with Crippen molar-refractivity contribution in [3.8, 4) is 0 Å². The van der Waals surface area contributed by atoms with Gasteiger partial charge in [-0.15, -0.1) is 0 Å². The van der Waals surface area contributed by atoms with E-state index >= 15 is 0 Å². The molecule has 3 rings (SSSR count). The van der Waals surface area contributed by atoms with Crippen molar-refractivity contribution in [1.82, 2.24) is 4.98 Å². The van der Waals surface area contributed by atoms with E-state index in [1.807, 2.05) is 6.07 Å². The first-order valence-corrected chi connectivity index (χ1v) is 7.43. The lowest BCUT2D eigenvalue weighted by Gasteiger charge is -2.10. The summed E-state index contributed by atoms with van der Waals surface area (Å²) in [4.78, 5) is 4.11. The topological polar surface area (TPSA) is 24.9 Å². The molecule has 0 bridgehead atoms. The summed E-state index contributed by atoms with van der Waals surface area (Å²) < 4.78 is 0.905. The fourth-order valence-corrected chi connectivity index (χ4v) is 2.69. The maximum Gasteiger partial charge on any atom is 0.152 e. The van der Waals surface area contributed by atoms with Gasteiger partial charge in [0, 0.05) is 17.2 Å². The van der Waals surface area contributed by atoms with Gasteiger partial charge < -0.3 is 5.32 Å². The van der Waals surface area contributed by atoms with Gasteiger partial charge in [-0.1, -0.05) is 54.1 Å². The number of hydrogen-bond acceptors (Lipinski definition) is 2. The Hall–Kier alpha value is -1.58. The van der Waals surface area contributed by atoms with Gasteiger partial charge in [-0.3, -0.25) is 0 Å². The van der Waals surface area contributed by atoms with E-state index in [-0.39, 0.29) is 0 Å². The minimum absolute atomic E-state index is 0.480. The number of fused-ring (bicyclic) bond motifs is 1. The molecular weight excluding hydrogens is 336 g/mol. The molecule has 2 aromatic carbocycles. The Morgan fingerprint density at radius 1 is 1.10 bits per heavy atom. The van der Waals surface area contributed by atoms with Crippen molar-refractivity contribution in [2.45, 2.75) is 6.54 Å². The van der Waals surface area contributed by atoms with E-state index in [9.17, 15) is 0 Å². The van der Waals surface area contributed by atoms with Crippen molar-refractivity contribution >= 4 is 44.0 Å². The summed E-state index contributed by atoms with van der Waals surface area (Å²) in [6, 6.07) is 16.6. The Kier molecular flexibility index (Phi) is 3.90. The number of nitrogens with one attached hydrogen (secondary N) is 1. The lowest BCUT2D eigenvalue weighted by molar-refractivity contribution is 1.15. The van der Waals surface area contributed by atoms with Crippen LogP contribution in [0.4, 0.5) is 5.69 Å². The van der Waals surface area contributed by atoms with E-state index in [0.717, 1.165) is 10.2 Å². The lowest BCUT2D eigenvalue weighted by atomic mass is 10.0. The molecule has 0 unspecified atom stereocenters. The molecule has 100 valence electrons. The molecule has 1 N–H and O–H groups in total. The van der Waals surface area contributed by atoms with Crippen LogP contribution >= 0.6 is 27.5 Å². The standard InChI is InChI=1S/C16H12BrClN2/c17-13-8-15(16(18)20-10-13)19-9-12-6-3-5-11-4-1-2-7-14(11)12/h1-8,10,19H,9H2. The normalized spacial score (nSPS) is 10.7. The van der Waals surface area contributed by atoms with Crippen LogP contribution in [0.25, 0.3) is 10.8 Å². The van der Waals surface area contributed by atoms with Crippen LogP contribution < -0.4 is 5.32 Å². The molecule has 0 radical (unpaired) electrons. The van der Waals surface area contributed by atoms with Crippen LogP contribution in [0.15, 0.2) is 59.2 Å². The van der Waals surface area contributed by atoms with Crippen molar-refractivity contribution in [2.24, 2.45) is 0 Å². The Morgan fingerprint density at radius 3 is 2.80 bits per heavy atom. The Labute approximate surface area is 130 Å². The van der Waals surface area contributed by atoms with Crippen molar-refractivity contribution in [3.05, 3.63) is 69.9 Å². The molecule has 0 saturated carbocycles. The maximum absolute atomic E-state index is 6.09. The summed E-state index contributed by atoms with van der Waals surface area (Å²) >= 11 is 9.49. The number of halogens is 2. The summed E-state index contributed by atoms with van der Waals surface area (Å²) in [7, 11) is 0. The van der Waals surface area contributed by atoms with Crippen LogP contribution in [0.1, 0.15) is 5.56 Å². The summed E-state index contributed by atoms with van der Waals surface area (Å²) in [6.45, 7) is 0.708. The monoisotopic (exact) mass is 346 g/mol. The zero-order valence-electron chi connectivity index (χ0n) is 10.6. The van der Waals surface area contributed by atoms with Crippen LogP contribution in [-0.4, -0.2) is 4.98 Å². The first kappa shape index (κ1) is 13.4. The maximum atomic E-state index is 6.09. The van der Waals surface area contributed by atoms with Gasteiger partial charge in [-0.2, -0.15) is 0 Å². The Morgan fingerprint density at radius 2 is 1.90 bits per heavy atom. The van der Waals surface area contributed by atoms with Crippen molar-refractivity contribution in [1.29, 1.82) is 0 Å². The number of hydrogen-bond donors (Lipinski definition) is 1. The number of anilines is 1. The minimum Gasteiger partial charge on any atom is -0.378 e. The second-order valence-corrected chi connectivity index (χ2v) is 5.76. The van der Waals surface area contributed by atoms with Gasteiger partial charge in [0.2, 0.25) is 0 Å². The highest BCUT2D eigenvalue weighted by molar-refractivity contribution is 9.10. The quantitative estimate of drug-likeness (QED) is 0.653. The van der Waals surface area contributed by atoms with Gasteiger partial charge >= 0.3 is 0 Å². The molecule has 0 aliphatic carbocycles. The molecular formula is C16H12BrClN2. The van der Waals surface area contributed by atoms with Crippen molar-refractivity contribution in [3.63, 3.8) is 0 Å². The smallest absolute Gasteiger partial charge is 0.152 e. The third-order valence-electron chi connectivity index (χ3n) is 3.15. The first-order chi connectivity index (χ1) is 9.74. The van der Waals surface area contributed by atoms with E-state index in [2.05, 4.69) is 68.7 Å². The van der Waals surface area contributed by atoms with Gasteiger partial charge in [-0.05, 0) is 38.3 Å². The van der Waals surface area contributed by atoms with Crippen LogP contribution in [0.2, 0.25) is 5.15 Å². The zero-order valence-corrected chi connectivity index (χ0v) is 12.9. The summed E-state index contributed by atoms with van der Waals surface area (Å²) in [5, 5.41) is 6.31. The highest BCUT2D eigenvalue weighted by Crippen LogP contribution is 2.25. The molecule has 0 atom stereocenters. The summed E-state index contributed by atoms with van der Waals surface area (Å²) in [5.74, 6) is 0. The zero-order chi connectivity index (χ0) is 13.9. The lowest BCUT2D eigenvalue weighted by Crippen LogP contribution is -2.01. The highest BCUT2D eigenvalue weighted by Gasteiger charge is 2.04. The highest BCUT2D eigenvalue weighted by atomic mass is 79.9. The number of benzene rings is 2. The Bertz CT molecular complexity index is 753. The fraction of sp³-hybridized carbons (Fsp3) is 0.0625. The minimum atomic E-state index is 0.480. The average Bonchev–Trinajstić information content (AvgIpc) is 2.48. The molecule has 0 aliphatic rings. The second kappa shape index (κ2) is 5.81. The number of rotatable bonds is 3. The predicted molar refractivity (Wildman–Crippen MR) is 88.2 cm³/mol. The number of aromatic nitrogens is 1. The van der Waals surface area contributed by atoms with Crippen LogP contribution in [0.5, 0.6) is 0 Å². The fourth-order valence-electron chi connectivity index (χ4n) is 2.18. The third-order valence-corrected chi connectivity index (χ3v) is 3.89. The first-order valence-electron chi connectivity index (χ1n) is 6.25. The van der Waals surface area contributed by atoms with E-state index in [0.29, 0.717) is 11.7 Å². The van der Waals surface area contributed by atoms with Crippen LogP contribution in [-0.2, 0) is 6.54 Å². The molecule has 2 nitrogen and oxygen atoms in total. The molecule has 1 aromatic heterocycles. The van der Waals surface area contributed by atoms with Gasteiger partial charge in [-0.25, -0.2) is 4.98 Å². The average molecular weight is 348 g/mol. The van der Waals surface area contributed by atoms with Gasteiger partial charge in [0.15, 0.2) is 5.15 Å². The van der Waals surface area contributed by atoms with Gasteiger partial charge in [0.05, 0.1) is 5.69 Å². The van der Waals surface area contributed by atoms with E-state index in [1.165, 1.54) is 16.3 Å². The SMILES string of the molecule is Clc1ncc(Br)cc1NCc1cccc2ccccc12. The summed E-state index contributed by atoms with van der Waals surface area (Å²) in [5.41, 5.74) is 2.06. The summed E-state index contributed by atoms with van der Waals surface area (Å²) in [6.07, 6.45) is 1.69. The molecule has 0 spiro atoms. The van der Waals surface area contributed by atoms with Gasteiger partial charge in [0.25, 0.3) is 0 Å². The van der Waals surface area contributed by atoms with Crippen molar-refractivity contribution in [2.75, 3.05) is 5.32 Å². The third kappa shape index (κ3) is 2.79. The van der Waals surface area contributed by atoms with E-state index < -0.39 is 0 Å². The largest absolute Gasteiger partial charge is 0.378 e. The van der Waals surface area contributed by atoms with E-state index in [1.54, 1.807) is 6.20 Å². The molecule has 4 heteroatoms. The van der Waals surface area contributed by atoms with Crippen molar-refractivity contribution < 1.29 is 0 Å². The molecule has 1 heterocycles. The molecule has 20 heavy (non-hydrogen) atoms. The number of pyridine rings is 1.